The van der Waals surface area contributed by atoms with E-state index in [4.69, 9.17) is 31.1 Å². The lowest BCUT2D eigenvalue weighted by molar-refractivity contribution is -0.385. The van der Waals surface area contributed by atoms with Gasteiger partial charge in [0.05, 0.1) is 30.3 Å². The van der Waals surface area contributed by atoms with Gasteiger partial charge < -0.3 is 14.2 Å². The average Bonchev–Trinajstić information content (AvgIpc) is 2.66. The Labute approximate surface area is 160 Å². The Morgan fingerprint density at radius 2 is 1.96 bits per heavy atom. The SMILES string of the molecule is COc1cc(C(=O)OCCCC#N)ccc1Oc1ccc(Cl)cc1[N+](=O)[O-]. The van der Waals surface area contributed by atoms with E-state index < -0.39 is 10.9 Å². The van der Waals surface area contributed by atoms with Crippen LogP contribution in [0.5, 0.6) is 17.2 Å². The number of unbranched alkanes of at least 4 members (excludes halogenated alkanes) is 1. The number of ether oxygens (including phenoxy) is 3. The van der Waals surface area contributed by atoms with Crippen molar-refractivity contribution >= 4 is 23.3 Å². The van der Waals surface area contributed by atoms with Crippen molar-refractivity contribution in [3.63, 3.8) is 0 Å². The molecule has 27 heavy (non-hydrogen) atoms. The third kappa shape index (κ3) is 5.33. The minimum atomic E-state index is -0.610. The highest BCUT2D eigenvalue weighted by molar-refractivity contribution is 6.30. The van der Waals surface area contributed by atoms with E-state index in [2.05, 4.69) is 0 Å². The van der Waals surface area contributed by atoms with Crippen LogP contribution < -0.4 is 9.47 Å². The highest BCUT2D eigenvalue weighted by atomic mass is 35.5. The number of halogens is 1. The minimum absolute atomic E-state index is 0.0190. The van der Waals surface area contributed by atoms with Gasteiger partial charge in [0.25, 0.3) is 0 Å². The van der Waals surface area contributed by atoms with E-state index in [0.29, 0.717) is 12.8 Å². The maximum absolute atomic E-state index is 12.0. The van der Waals surface area contributed by atoms with Gasteiger partial charge in [-0.3, -0.25) is 10.1 Å². The largest absolute Gasteiger partial charge is 0.493 e. The predicted molar refractivity (Wildman–Crippen MR) is 96.3 cm³/mol. The van der Waals surface area contributed by atoms with E-state index in [-0.39, 0.29) is 40.1 Å². The number of rotatable bonds is 8. The van der Waals surface area contributed by atoms with E-state index in [1.54, 1.807) is 0 Å². The topological polar surface area (TPSA) is 112 Å². The Morgan fingerprint density at radius 1 is 1.22 bits per heavy atom. The van der Waals surface area contributed by atoms with Crippen LogP contribution in [0.3, 0.4) is 0 Å². The molecule has 2 rings (SSSR count). The number of carbonyl (C=O) groups is 1. The first-order chi connectivity index (χ1) is 13.0. The number of nitrogens with zero attached hydrogens (tertiary/aromatic N) is 2. The molecule has 0 atom stereocenters. The molecule has 0 fully saturated rings. The molecule has 0 aliphatic carbocycles. The average molecular weight is 391 g/mol. The summed E-state index contributed by atoms with van der Waals surface area (Å²) in [6.45, 7) is 0.129. The number of nitriles is 1. The van der Waals surface area contributed by atoms with Crippen LogP contribution in [-0.4, -0.2) is 24.6 Å². The zero-order chi connectivity index (χ0) is 19.8. The predicted octanol–water partition coefficient (Wildman–Crippen LogP) is 4.51. The highest BCUT2D eigenvalue weighted by Crippen LogP contribution is 2.37. The number of hydrogen-bond acceptors (Lipinski definition) is 7. The molecule has 0 aromatic heterocycles. The van der Waals surface area contributed by atoms with Crippen LogP contribution in [0.1, 0.15) is 23.2 Å². The van der Waals surface area contributed by atoms with Gasteiger partial charge >= 0.3 is 11.7 Å². The molecule has 9 heteroatoms. The van der Waals surface area contributed by atoms with Gasteiger partial charge in [-0.15, -0.1) is 0 Å². The third-order valence-corrected chi connectivity index (χ3v) is 3.64. The van der Waals surface area contributed by atoms with Crippen molar-refractivity contribution in [2.75, 3.05) is 13.7 Å². The highest BCUT2D eigenvalue weighted by Gasteiger charge is 2.19. The summed E-state index contributed by atoms with van der Waals surface area (Å²) in [6.07, 6.45) is 0.740. The molecule has 2 aromatic carbocycles. The zero-order valence-electron chi connectivity index (χ0n) is 14.3. The number of esters is 1. The fraction of sp³-hybridized carbons (Fsp3) is 0.222. The summed E-state index contributed by atoms with van der Waals surface area (Å²) in [5.41, 5.74) is -0.0766. The molecule has 2 aromatic rings. The maximum atomic E-state index is 12.0. The molecular weight excluding hydrogens is 376 g/mol. The van der Waals surface area contributed by atoms with Crippen LogP contribution in [-0.2, 0) is 4.74 Å². The first-order valence-electron chi connectivity index (χ1n) is 7.80. The lowest BCUT2D eigenvalue weighted by atomic mass is 10.2. The van der Waals surface area contributed by atoms with Gasteiger partial charge in [-0.1, -0.05) is 11.6 Å². The number of nitro groups is 1. The third-order valence-electron chi connectivity index (χ3n) is 3.40. The normalized spacial score (nSPS) is 9.96. The number of hydrogen-bond donors (Lipinski definition) is 0. The Bertz CT molecular complexity index is 894. The number of benzene rings is 2. The lowest BCUT2D eigenvalue weighted by Crippen LogP contribution is -2.07. The van der Waals surface area contributed by atoms with Crippen molar-refractivity contribution in [1.82, 2.24) is 0 Å². The number of carbonyl (C=O) groups excluding carboxylic acids is 1. The van der Waals surface area contributed by atoms with Crippen molar-refractivity contribution in [1.29, 1.82) is 5.26 Å². The van der Waals surface area contributed by atoms with Gasteiger partial charge in [-0.2, -0.15) is 5.26 Å². The summed E-state index contributed by atoms with van der Waals surface area (Å²) >= 11 is 5.79. The van der Waals surface area contributed by atoms with Crippen molar-refractivity contribution in [3.05, 3.63) is 57.1 Å². The molecule has 0 saturated carbocycles. The molecule has 0 unspecified atom stereocenters. The van der Waals surface area contributed by atoms with E-state index in [9.17, 15) is 14.9 Å². The summed E-state index contributed by atoms with van der Waals surface area (Å²) in [7, 11) is 1.38. The van der Waals surface area contributed by atoms with Gasteiger partial charge in [0.2, 0.25) is 5.75 Å². The monoisotopic (exact) mass is 390 g/mol. The first kappa shape index (κ1) is 20.0. The van der Waals surface area contributed by atoms with E-state index in [0.717, 1.165) is 0 Å². The van der Waals surface area contributed by atoms with Gasteiger partial charge in [0, 0.05) is 17.5 Å². The Hall–Kier alpha value is -3.31. The van der Waals surface area contributed by atoms with Crippen LogP contribution in [0.4, 0.5) is 5.69 Å². The molecule has 0 N–H and O–H groups in total. The second kappa shape index (κ2) is 9.40. The summed E-state index contributed by atoms with van der Waals surface area (Å²) in [5.74, 6) is -0.209. The van der Waals surface area contributed by atoms with Crippen LogP contribution in [0.15, 0.2) is 36.4 Å². The molecule has 0 bridgehead atoms. The molecule has 0 radical (unpaired) electrons. The van der Waals surface area contributed by atoms with E-state index >= 15 is 0 Å². The van der Waals surface area contributed by atoms with Gasteiger partial charge in [0.1, 0.15) is 0 Å². The second-order valence-corrected chi connectivity index (χ2v) is 5.67. The molecule has 0 amide bonds. The summed E-state index contributed by atoms with van der Waals surface area (Å²) in [6, 6.07) is 10.3. The zero-order valence-corrected chi connectivity index (χ0v) is 15.1. The van der Waals surface area contributed by atoms with Crippen molar-refractivity contribution in [3.8, 4) is 23.3 Å². The molecular formula is C18H15ClN2O6. The Morgan fingerprint density at radius 3 is 2.63 bits per heavy atom. The number of methoxy groups -OCH3 is 1. The maximum Gasteiger partial charge on any atom is 0.338 e. The molecule has 0 spiro atoms. The summed E-state index contributed by atoms with van der Waals surface area (Å²) in [5, 5.41) is 19.8. The van der Waals surface area contributed by atoms with Gasteiger partial charge in [-0.05, 0) is 36.8 Å². The fourth-order valence-electron chi connectivity index (χ4n) is 2.12. The molecule has 0 saturated heterocycles. The lowest BCUT2D eigenvalue weighted by Gasteiger charge is -2.12. The quantitative estimate of drug-likeness (QED) is 0.282. The Kier molecular flexibility index (Phi) is 6.97. The van der Waals surface area contributed by atoms with E-state index in [1.807, 2.05) is 6.07 Å². The number of nitro benzene ring substituents is 1. The van der Waals surface area contributed by atoms with Crippen LogP contribution in [0.2, 0.25) is 5.02 Å². The van der Waals surface area contributed by atoms with Crippen LogP contribution in [0, 0.1) is 21.4 Å². The van der Waals surface area contributed by atoms with Crippen LogP contribution >= 0.6 is 11.6 Å². The van der Waals surface area contributed by atoms with Gasteiger partial charge in [-0.25, -0.2) is 4.79 Å². The first-order valence-corrected chi connectivity index (χ1v) is 8.18. The van der Waals surface area contributed by atoms with Crippen LogP contribution in [0.25, 0.3) is 0 Å². The standard InChI is InChI=1S/C18H15ClN2O6/c1-25-17-10-12(18(22)26-9-3-2-8-20)4-6-16(17)27-15-7-5-13(19)11-14(15)21(23)24/h4-7,10-11H,2-3,9H2,1H3. The van der Waals surface area contributed by atoms with Crippen molar-refractivity contribution in [2.24, 2.45) is 0 Å². The smallest absolute Gasteiger partial charge is 0.338 e. The summed E-state index contributed by atoms with van der Waals surface area (Å²) in [4.78, 5) is 22.6. The summed E-state index contributed by atoms with van der Waals surface area (Å²) < 4.78 is 15.8. The Balaban J connectivity index is 2.21. The molecule has 140 valence electrons. The van der Waals surface area contributed by atoms with Crippen molar-refractivity contribution < 1.29 is 23.9 Å². The molecule has 0 aliphatic heterocycles. The molecule has 0 aliphatic rings. The molecule has 0 heterocycles. The van der Waals surface area contributed by atoms with Crippen molar-refractivity contribution in [2.45, 2.75) is 12.8 Å². The van der Waals surface area contributed by atoms with Gasteiger partial charge in [0.15, 0.2) is 11.5 Å². The fourth-order valence-corrected chi connectivity index (χ4v) is 2.28. The van der Waals surface area contributed by atoms with E-state index in [1.165, 1.54) is 43.5 Å². The molecule has 8 nitrogen and oxygen atoms in total. The second-order valence-electron chi connectivity index (χ2n) is 5.23. The minimum Gasteiger partial charge on any atom is -0.493 e.